The fourth-order valence-electron chi connectivity index (χ4n) is 6.06. The van der Waals surface area contributed by atoms with Crippen LogP contribution in [-0.4, -0.2) is 58.0 Å². The van der Waals surface area contributed by atoms with Crippen molar-refractivity contribution in [3.8, 4) is 11.4 Å². The van der Waals surface area contributed by atoms with E-state index < -0.39 is 5.54 Å². The second-order valence-electron chi connectivity index (χ2n) is 9.84. The summed E-state index contributed by atoms with van der Waals surface area (Å²) in [6.07, 6.45) is 7.28. The lowest BCUT2D eigenvalue weighted by Crippen LogP contribution is -2.42. The first-order valence-corrected chi connectivity index (χ1v) is 13.3. The molecule has 0 saturated carbocycles. The lowest BCUT2D eigenvalue weighted by atomic mass is 9.79. The van der Waals surface area contributed by atoms with Gasteiger partial charge in [0.25, 0.3) is 0 Å². The van der Waals surface area contributed by atoms with E-state index >= 15 is 0 Å². The summed E-state index contributed by atoms with van der Waals surface area (Å²) in [6, 6.07) is 16.5. The molecule has 1 amide bonds. The number of imidazole rings is 1. The standard InChI is InChI=1S/C29H35ClN4O/c1-3-32(4-2)21-22-14-18-33(19-15-22)27(35)13-16-29(23-9-11-24(30)12-10-23)26-8-6-5-7-25(26)28-31-17-20-34(28)29/h5-12,17,20,22H,3-4,13-16,18-19,21H2,1-2H3. The largest absolute Gasteiger partial charge is 0.343 e. The first-order chi connectivity index (χ1) is 17.1. The molecule has 1 saturated heterocycles. The Labute approximate surface area is 213 Å². The Bertz CT molecular complexity index is 1160. The molecule has 0 bridgehead atoms. The lowest BCUT2D eigenvalue weighted by molar-refractivity contribution is -0.133. The molecule has 2 aliphatic heterocycles. The van der Waals surface area contributed by atoms with Crippen LogP contribution >= 0.6 is 11.6 Å². The monoisotopic (exact) mass is 490 g/mol. The molecule has 184 valence electrons. The number of carbonyl (C=O) groups is 1. The maximum Gasteiger partial charge on any atom is 0.222 e. The number of amides is 1. The minimum absolute atomic E-state index is 0.255. The Morgan fingerprint density at radius 3 is 2.51 bits per heavy atom. The number of hydrogen-bond donors (Lipinski definition) is 0. The number of fused-ring (bicyclic) bond motifs is 3. The highest BCUT2D eigenvalue weighted by atomic mass is 35.5. The summed E-state index contributed by atoms with van der Waals surface area (Å²) < 4.78 is 2.25. The van der Waals surface area contributed by atoms with E-state index in [-0.39, 0.29) is 5.91 Å². The summed E-state index contributed by atoms with van der Waals surface area (Å²) in [5.41, 5.74) is 3.01. The number of carbonyl (C=O) groups excluding carboxylic acids is 1. The lowest BCUT2D eigenvalue weighted by Gasteiger charge is -2.36. The minimum Gasteiger partial charge on any atom is -0.343 e. The molecule has 5 rings (SSSR count). The number of benzene rings is 2. The van der Waals surface area contributed by atoms with Gasteiger partial charge in [0, 0.05) is 49.0 Å². The van der Waals surface area contributed by atoms with Crippen molar-refractivity contribution in [3.05, 3.63) is 77.1 Å². The SMILES string of the molecule is CCN(CC)CC1CCN(C(=O)CCC2(c3ccc(Cl)cc3)c3ccccc3-c3nccn32)CC1. The van der Waals surface area contributed by atoms with E-state index in [1.807, 2.05) is 24.5 Å². The Morgan fingerprint density at radius 1 is 1.09 bits per heavy atom. The number of likely N-dealkylation sites (tertiary alicyclic amines) is 1. The van der Waals surface area contributed by atoms with Crippen molar-refractivity contribution < 1.29 is 4.79 Å². The molecule has 0 spiro atoms. The Balaban J connectivity index is 1.37. The maximum atomic E-state index is 13.5. The number of rotatable bonds is 8. The van der Waals surface area contributed by atoms with E-state index in [2.05, 4.69) is 69.6 Å². The summed E-state index contributed by atoms with van der Waals surface area (Å²) in [5.74, 6) is 1.90. The number of hydrogen-bond acceptors (Lipinski definition) is 3. The molecule has 3 heterocycles. The number of aromatic nitrogens is 2. The van der Waals surface area contributed by atoms with Crippen LogP contribution in [0.3, 0.4) is 0 Å². The van der Waals surface area contributed by atoms with Crippen LogP contribution in [0.1, 0.15) is 50.7 Å². The molecule has 35 heavy (non-hydrogen) atoms. The molecular formula is C29H35ClN4O. The molecule has 0 radical (unpaired) electrons. The summed E-state index contributed by atoms with van der Waals surface area (Å²) in [7, 11) is 0. The molecule has 1 aromatic heterocycles. The molecule has 0 N–H and O–H groups in total. The van der Waals surface area contributed by atoms with Gasteiger partial charge in [0.2, 0.25) is 5.91 Å². The molecule has 3 aromatic rings. The van der Waals surface area contributed by atoms with Crippen molar-refractivity contribution in [3.63, 3.8) is 0 Å². The van der Waals surface area contributed by atoms with Gasteiger partial charge in [-0.25, -0.2) is 4.98 Å². The molecule has 0 aliphatic carbocycles. The summed E-state index contributed by atoms with van der Waals surface area (Å²) in [4.78, 5) is 22.7. The van der Waals surface area contributed by atoms with Crippen LogP contribution in [0.2, 0.25) is 5.02 Å². The van der Waals surface area contributed by atoms with Crippen LogP contribution in [-0.2, 0) is 10.3 Å². The Hall–Kier alpha value is -2.63. The van der Waals surface area contributed by atoms with Crippen LogP contribution in [0.5, 0.6) is 0 Å². The van der Waals surface area contributed by atoms with E-state index in [4.69, 9.17) is 11.6 Å². The predicted molar refractivity (Wildman–Crippen MR) is 142 cm³/mol. The quantitative estimate of drug-likeness (QED) is 0.408. The molecule has 1 atom stereocenters. The normalized spacial score (nSPS) is 19.7. The zero-order valence-corrected chi connectivity index (χ0v) is 21.5. The van der Waals surface area contributed by atoms with Gasteiger partial charge in [-0.2, -0.15) is 0 Å². The van der Waals surface area contributed by atoms with Crippen LogP contribution in [0.25, 0.3) is 11.4 Å². The minimum atomic E-state index is -0.469. The number of piperidine rings is 1. The summed E-state index contributed by atoms with van der Waals surface area (Å²) >= 11 is 6.25. The highest BCUT2D eigenvalue weighted by Gasteiger charge is 2.45. The van der Waals surface area contributed by atoms with Crippen molar-refractivity contribution in [1.82, 2.24) is 19.4 Å². The Kier molecular flexibility index (Phi) is 6.99. The summed E-state index contributed by atoms with van der Waals surface area (Å²) in [6.45, 7) is 9.53. The van der Waals surface area contributed by atoms with E-state index in [1.54, 1.807) is 0 Å². The van der Waals surface area contributed by atoms with Crippen LogP contribution in [0, 0.1) is 5.92 Å². The van der Waals surface area contributed by atoms with Crippen molar-refractivity contribution in [2.45, 2.75) is 45.1 Å². The molecule has 5 nitrogen and oxygen atoms in total. The molecule has 2 aromatic carbocycles. The zero-order valence-electron chi connectivity index (χ0n) is 20.8. The average Bonchev–Trinajstić information content (AvgIpc) is 3.48. The smallest absolute Gasteiger partial charge is 0.222 e. The fraction of sp³-hybridized carbons (Fsp3) is 0.448. The molecule has 1 fully saturated rings. The average molecular weight is 491 g/mol. The third-order valence-corrected chi connectivity index (χ3v) is 8.32. The molecular weight excluding hydrogens is 456 g/mol. The number of halogens is 1. The summed E-state index contributed by atoms with van der Waals surface area (Å²) in [5, 5.41) is 0.713. The van der Waals surface area contributed by atoms with E-state index in [0.717, 1.165) is 62.5 Å². The van der Waals surface area contributed by atoms with Crippen LogP contribution < -0.4 is 0 Å². The highest BCUT2D eigenvalue weighted by Crippen LogP contribution is 2.49. The van der Waals surface area contributed by atoms with Crippen molar-refractivity contribution in [2.24, 2.45) is 5.92 Å². The molecule has 6 heteroatoms. The third-order valence-electron chi connectivity index (χ3n) is 8.07. The van der Waals surface area contributed by atoms with Gasteiger partial charge in [-0.3, -0.25) is 4.79 Å². The third kappa shape index (κ3) is 4.41. The van der Waals surface area contributed by atoms with E-state index in [9.17, 15) is 4.79 Å². The van der Waals surface area contributed by atoms with Gasteiger partial charge in [0.05, 0.1) is 5.54 Å². The highest BCUT2D eigenvalue weighted by molar-refractivity contribution is 6.30. The van der Waals surface area contributed by atoms with Gasteiger partial charge in [0.15, 0.2) is 0 Å². The van der Waals surface area contributed by atoms with Crippen LogP contribution in [0.15, 0.2) is 60.9 Å². The molecule has 2 aliphatic rings. The predicted octanol–water partition coefficient (Wildman–Crippen LogP) is 5.67. The van der Waals surface area contributed by atoms with Gasteiger partial charge in [-0.15, -0.1) is 0 Å². The van der Waals surface area contributed by atoms with Crippen molar-refractivity contribution in [2.75, 3.05) is 32.7 Å². The van der Waals surface area contributed by atoms with E-state index in [1.165, 1.54) is 5.56 Å². The van der Waals surface area contributed by atoms with Gasteiger partial charge < -0.3 is 14.4 Å². The van der Waals surface area contributed by atoms with Crippen LogP contribution in [0.4, 0.5) is 0 Å². The first kappa shape index (κ1) is 24.1. The van der Waals surface area contributed by atoms with Crippen molar-refractivity contribution >= 4 is 17.5 Å². The van der Waals surface area contributed by atoms with Gasteiger partial charge >= 0.3 is 0 Å². The topological polar surface area (TPSA) is 41.4 Å². The zero-order chi connectivity index (χ0) is 24.4. The van der Waals surface area contributed by atoms with Gasteiger partial charge in [-0.1, -0.05) is 61.8 Å². The second-order valence-corrected chi connectivity index (χ2v) is 10.3. The maximum absolute atomic E-state index is 13.5. The first-order valence-electron chi connectivity index (χ1n) is 13.0. The fourth-order valence-corrected chi connectivity index (χ4v) is 6.18. The number of nitrogens with zero attached hydrogens (tertiary/aromatic N) is 4. The second kappa shape index (κ2) is 10.2. The molecule has 1 unspecified atom stereocenters. The van der Waals surface area contributed by atoms with Crippen molar-refractivity contribution in [1.29, 1.82) is 0 Å². The Morgan fingerprint density at radius 2 is 1.80 bits per heavy atom. The van der Waals surface area contributed by atoms with Gasteiger partial charge in [0.1, 0.15) is 5.82 Å². The van der Waals surface area contributed by atoms with E-state index in [0.29, 0.717) is 23.8 Å². The van der Waals surface area contributed by atoms with Gasteiger partial charge in [-0.05, 0) is 61.5 Å².